The van der Waals surface area contributed by atoms with Crippen molar-refractivity contribution in [3.8, 4) is 0 Å². The number of rotatable bonds is 6. The van der Waals surface area contributed by atoms with Crippen LogP contribution < -0.4 is 0 Å². The van der Waals surface area contributed by atoms with Gasteiger partial charge in [-0.15, -0.1) is 0 Å². The number of benzene rings is 2. The zero-order chi connectivity index (χ0) is 16.8. The third kappa shape index (κ3) is 3.63. The first-order chi connectivity index (χ1) is 11.7. The molecule has 2 atom stereocenters. The van der Waals surface area contributed by atoms with Crippen molar-refractivity contribution in [2.24, 2.45) is 5.92 Å². The molecular weight excluding hydrogens is 300 g/mol. The Labute approximate surface area is 141 Å². The molecule has 3 rings (SSSR count). The number of allylic oxidation sites excluding steroid dienone is 2. The molecule has 2 aromatic rings. The summed E-state index contributed by atoms with van der Waals surface area (Å²) in [6.07, 6.45) is 7.73. The molecule has 1 aliphatic carbocycles. The third-order valence-corrected chi connectivity index (χ3v) is 4.26. The fraction of sp³-hybridized carbons (Fsp3) is 0.190. The average Bonchev–Trinajstić information content (AvgIpc) is 2.62. The van der Waals surface area contributed by atoms with E-state index in [1.54, 1.807) is 12.2 Å². The minimum absolute atomic E-state index is 0.371. The van der Waals surface area contributed by atoms with Crippen molar-refractivity contribution in [1.29, 1.82) is 0 Å². The van der Waals surface area contributed by atoms with Crippen molar-refractivity contribution in [3.05, 3.63) is 96.1 Å². The Morgan fingerprint density at radius 3 is 2.21 bits per heavy atom. The van der Waals surface area contributed by atoms with Gasteiger partial charge in [-0.05, 0) is 11.1 Å². The van der Waals surface area contributed by atoms with Crippen LogP contribution in [0.5, 0.6) is 0 Å². The summed E-state index contributed by atoms with van der Waals surface area (Å²) >= 11 is 0. The largest absolute Gasteiger partial charge is 0.481 e. The summed E-state index contributed by atoms with van der Waals surface area (Å²) in [7, 11) is 0. The number of ether oxygens (including phenoxy) is 1. The van der Waals surface area contributed by atoms with Gasteiger partial charge in [0.2, 0.25) is 0 Å². The zero-order valence-corrected chi connectivity index (χ0v) is 13.3. The molecule has 1 N–H and O–H groups in total. The van der Waals surface area contributed by atoms with Gasteiger partial charge in [0.15, 0.2) is 0 Å². The second-order valence-corrected chi connectivity index (χ2v) is 5.95. The molecule has 3 heteroatoms. The van der Waals surface area contributed by atoms with Gasteiger partial charge in [-0.25, -0.2) is 0 Å². The van der Waals surface area contributed by atoms with Gasteiger partial charge in [0.1, 0.15) is 11.5 Å². The maximum Gasteiger partial charge on any atom is 0.313 e. The van der Waals surface area contributed by atoms with Gasteiger partial charge in [-0.3, -0.25) is 4.79 Å². The number of aliphatic carboxylic acids is 1. The van der Waals surface area contributed by atoms with Crippen LogP contribution in [0.4, 0.5) is 0 Å². The number of hydrogen-bond donors (Lipinski definition) is 1. The molecule has 0 saturated heterocycles. The van der Waals surface area contributed by atoms with Gasteiger partial charge in [-0.1, -0.05) is 85.0 Å². The normalized spacial score (nSPS) is 22.4. The third-order valence-electron chi connectivity index (χ3n) is 4.26. The van der Waals surface area contributed by atoms with Crippen LogP contribution in [0.1, 0.15) is 11.1 Å². The van der Waals surface area contributed by atoms with Gasteiger partial charge >= 0.3 is 5.97 Å². The summed E-state index contributed by atoms with van der Waals surface area (Å²) in [4.78, 5) is 11.8. The van der Waals surface area contributed by atoms with Crippen LogP contribution in [0, 0.1) is 5.92 Å². The molecular formula is C21H20O3. The van der Waals surface area contributed by atoms with Crippen LogP contribution in [0.3, 0.4) is 0 Å². The fourth-order valence-corrected chi connectivity index (χ4v) is 3.02. The summed E-state index contributed by atoms with van der Waals surface area (Å²) in [5.41, 5.74) is 1.19. The molecule has 3 nitrogen and oxygen atoms in total. The first kappa shape index (κ1) is 16.2. The van der Waals surface area contributed by atoms with Crippen LogP contribution in [0.15, 0.2) is 85.0 Å². The highest BCUT2D eigenvalue weighted by Crippen LogP contribution is 2.33. The van der Waals surface area contributed by atoms with Crippen LogP contribution in [-0.2, 0) is 22.6 Å². The van der Waals surface area contributed by atoms with Gasteiger partial charge in [0, 0.05) is 6.42 Å². The lowest BCUT2D eigenvalue weighted by Gasteiger charge is -2.36. The molecule has 2 unspecified atom stereocenters. The van der Waals surface area contributed by atoms with E-state index < -0.39 is 17.5 Å². The minimum Gasteiger partial charge on any atom is -0.481 e. The number of carboxylic acid groups (broad SMARTS) is 1. The Morgan fingerprint density at radius 1 is 0.958 bits per heavy atom. The molecule has 0 bridgehead atoms. The van der Waals surface area contributed by atoms with E-state index in [-0.39, 0.29) is 0 Å². The lowest BCUT2D eigenvalue weighted by Crippen LogP contribution is -2.45. The van der Waals surface area contributed by atoms with Crippen molar-refractivity contribution >= 4 is 5.97 Å². The Hall–Kier alpha value is -2.65. The Bertz CT molecular complexity index is 734. The molecule has 0 spiro atoms. The molecule has 122 valence electrons. The van der Waals surface area contributed by atoms with E-state index in [0.29, 0.717) is 13.0 Å². The van der Waals surface area contributed by atoms with Gasteiger partial charge < -0.3 is 9.84 Å². The molecule has 0 radical (unpaired) electrons. The molecule has 0 fully saturated rings. The molecule has 0 heterocycles. The van der Waals surface area contributed by atoms with E-state index in [4.69, 9.17) is 4.74 Å². The molecule has 0 amide bonds. The van der Waals surface area contributed by atoms with Crippen molar-refractivity contribution in [2.45, 2.75) is 18.6 Å². The van der Waals surface area contributed by atoms with Gasteiger partial charge in [-0.2, -0.15) is 0 Å². The highest BCUT2D eigenvalue weighted by Gasteiger charge is 2.42. The van der Waals surface area contributed by atoms with E-state index in [9.17, 15) is 9.90 Å². The molecule has 0 aliphatic heterocycles. The molecule has 0 aromatic heterocycles. The van der Waals surface area contributed by atoms with Gasteiger partial charge in [0.05, 0.1) is 6.61 Å². The summed E-state index contributed by atoms with van der Waals surface area (Å²) < 4.78 is 6.22. The second kappa shape index (κ2) is 7.28. The number of hydrogen-bond acceptors (Lipinski definition) is 2. The van der Waals surface area contributed by atoms with Crippen molar-refractivity contribution < 1.29 is 14.6 Å². The van der Waals surface area contributed by atoms with Crippen LogP contribution in [-0.4, -0.2) is 16.7 Å². The van der Waals surface area contributed by atoms with Crippen molar-refractivity contribution in [1.82, 2.24) is 0 Å². The first-order valence-corrected chi connectivity index (χ1v) is 8.00. The topological polar surface area (TPSA) is 46.5 Å². The monoisotopic (exact) mass is 320 g/mol. The lowest BCUT2D eigenvalue weighted by molar-refractivity contribution is -0.150. The van der Waals surface area contributed by atoms with Crippen molar-refractivity contribution in [2.75, 3.05) is 0 Å². The van der Waals surface area contributed by atoms with Crippen molar-refractivity contribution in [3.63, 3.8) is 0 Å². The van der Waals surface area contributed by atoms with Crippen LogP contribution >= 0.6 is 0 Å². The fourth-order valence-electron chi connectivity index (χ4n) is 3.02. The average molecular weight is 320 g/mol. The molecule has 0 saturated carbocycles. The van der Waals surface area contributed by atoms with E-state index in [2.05, 4.69) is 0 Å². The minimum atomic E-state index is -0.891. The second-order valence-electron chi connectivity index (χ2n) is 5.95. The van der Waals surface area contributed by atoms with Crippen LogP contribution in [0.25, 0.3) is 0 Å². The maximum absolute atomic E-state index is 11.8. The number of carbonyl (C=O) groups is 1. The number of carboxylic acids is 1. The highest BCUT2D eigenvalue weighted by atomic mass is 16.5. The maximum atomic E-state index is 11.8. The Kier molecular flexibility index (Phi) is 4.92. The summed E-state index contributed by atoms with van der Waals surface area (Å²) in [5.74, 6) is -1.59. The standard InChI is InChI=1S/C21H20O3/c22-20(23)19-13-7-8-14-21(19,15-17-9-3-1-4-10-17)24-16-18-11-5-2-6-12-18/h1-14,19H,15-16H2,(H,22,23). The van der Waals surface area contributed by atoms with E-state index in [0.717, 1.165) is 11.1 Å². The highest BCUT2D eigenvalue weighted by molar-refractivity contribution is 5.75. The lowest BCUT2D eigenvalue weighted by atomic mass is 9.79. The summed E-state index contributed by atoms with van der Waals surface area (Å²) in [6, 6.07) is 19.7. The predicted molar refractivity (Wildman–Crippen MR) is 93.5 cm³/mol. The van der Waals surface area contributed by atoms with Gasteiger partial charge in [0.25, 0.3) is 0 Å². The van der Waals surface area contributed by atoms with E-state index in [1.165, 1.54) is 0 Å². The summed E-state index contributed by atoms with van der Waals surface area (Å²) in [5, 5.41) is 9.68. The smallest absolute Gasteiger partial charge is 0.313 e. The van der Waals surface area contributed by atoms with E-state index >= 15 is 0 Å². The molecule has 24 heavy (non-hydrogen) atoms. The molecule has 2 aromatic carbocycles. The van der Waals surface area contributed by atoms with Crippen LogP contribution in [0.2, 0.25) is 0 Å². The Morgan fingerprint density at radius 2 is 1.58 bits per heavy atom. The molecule has 1 aliphatic rings. The SMILES string of the molecule is O=C(O)C1C=CC=CC1(Cc1ccccc1)OCc1ccccc1. The first-order valence-electron chi connectivity index (χ1n) is 8.00. The summed E-state index contributed by atoms with van der Waals surface area (Å²) in [6.45, 7) is 0.371. The predicted octanol–water partition coefficient (Wildman–Crippen LogP) is 4.01. The van der Waals surface area contributed by atoms with E-state index in [1.807, 2.05) is 72.8 Å². The Balaban J connectivity index is 1.89. The quantitative estimate of drug-likeness (QED) is 0.874. The zero-order valence-electron chi connectivity index (χ0n) is 13.3.